The zero-order valence-electron chi connectivity index (χ0n) is 13.3. The van der Waals surface area contributed by atoms with Gasteiger partial charge >= 0.3 is 18.1 Å². The van der Waals surface area contributed by atoms with E-state index in [1.807, 2.05) is 0 Å². The number of carboxylic acids is 1. The SMILES string of the molecule is CC(C)(NC(=O)C(F)(F)F)C(=O)N[C@@H](Cc1ccc(O)cc1)C(=O)O. The summed E-state index contributed by atoms with van der Waals surface area (Å²) < 4.78 is 36.9. The summed E-state index contributed by atoms with van der Waals surface area (Å²) in [7, 11) is 0. The molecule has 1 rings (SSSR count). The van der Waals surface area contributed by atoms with Gasteiger partial charge in [0.2, 0.25) is 5.91 Å². The van der Waals surface area contributed by atoms with Crippen LogP contribution in [0.3, 0.4) is 0 Å². The molecule has 4 N–H and O–H groups in total. The lowest BCUT2D eigenvalue weighted by Gasteiger charge is -2.27. The maximum Gasteiger partial charge on any atom is 0.471 e. The van der Waals surface area contributed by atoms with E-state index in [-0.39, 0.29) is 12.2 Å². The van der Waals surface area contributed by atoms with Crippen molar-refractivity contribution in [3.8, 4) is 5.75 Å². The van der Waals surface area contributed by atoms with Crippen molar-refractivity contribution in [3.05, 3.63) is 29.8 Å². The number of aliphatic carboxylic acids is 1. The normalized spacial score (nSPS) is 13.0. The maximum absolute atomic E-state index is 12.3. The molecule has 10 heteroatoms. The van der Waals surface area contributed by atoms with Crippen molar-refractivity contribution in [1.82, 2.24) is 10.6 Å². The molecular weight excluding hydrogens is 345 g/mol. The highest BCUT2D eigenvalue weighted by atomic mass is 19.4. The number of hydrogen-bond donors (Lipinski definition) is 4. The average Bonchev–Trinajstić information content (AvgIpc) is 2.47. The predicted molar refractivity (Wildman–Crippen MR) is 79.7 cm³/mol. The molecule has 0 saturated carbocycles. The molecule has 0 bridgehead atoms. The molecule has 0 aliphatic heterocycles. The number of hydrogen-bond acceptors (Lipinski definition) is 4. The van der Waals surface area contributed by atoms with Crippen LogP contribution in [-0.4, -0.2) is 45.8 Å². The van der Waals surface area contributed by atoms with Gasteiger partial charge in [-0.15, -0.1) is 0 Å². The highest BCUT2D eigenvalue weighted by molar-refractivity contribution is 5.94. The molecule has 0 heterocycles. The fourth-order valence-corrected chi connectivity index (χ4v) is 1.82. The first-order valence-electron chi connectivity index (χ1n) is 7.04. The van der Waals surface area contributed by atoms with E-state index in [4.69, 9.17) is 0 Å². The summed E-state index contributed by atoms with van der Waals surface area (Å²) in [5.74, 6) is -4.83. The van der Waals surface area contributed by atoms with Gasteiger partial charge in [0.1, 0.15) is 17.3 Å². The molecule has 0 radical (unpaired) electrons. The fraction of sp³-hybridized carbons (Fsp3) is 0.400. The second-order valence-corrected chi connectivity index (χ2v) is 5.81. The minimum Gasteiger partial charge on any atom is -0.508 e. The lowest BCUT2D eigenvalue weighted by atomic mass is 10.0. The van der Waals surface area contributed by atoms with Gasteiger partial charge in [-0.3, -0.25) is 9.59 Å². The van der Waals surface area contributed by atoms with E-state index in [0.29, 0.717) is 5.56 Å². The third kappa shape index (κ3) is 5.98. The Morgan fingerprint density at radius 3 is 2.04 bits per heavy atom. The van der Waals surface area contributed by atoms with Crippen molar-refractivity contribution in [2.45, 2.75) is 38.0 Å². The lowest BCUT2D eigenvalue weighted by Crippen LogP contribution is -2.60. The summed E-state index contributed by atoms with van der Waals surface area (Å²) in [6.07, 6.45) is -5.33. The van der Waals surface area contributed by atoms with Crippen LogP contribution in [0.4, 0.5) is 13.2 Å². The number of phenols is 1. The summed E-state index contributed by atoms with van der Waals surface area (Å²) in [5, 5.41) is 22.0. The van der Waals surface area contributed by atoms with E-state index >= 15 is 0 Å². The van der Waals surface area contributed by atoms with E-state index < -0.39 is 35.5 Å². The molecule has 25 heavy (non-hydrogen) atoms. The number of amides is 2. The average molecular weight is 362 g/mol. The number of carboxylic acid groups (broad SMARTS) is 1. The number of benzene rings is 1. The van der Waals surface area contributed by atoms with Crippen molar-refractivity contribution in [1.29, 1.82) is 0 Å². The molecule has 1 aromatic rings. The van der Waals surface area contributed by atoms with Gasteiger partial charge in [0, 0.05) is 6.42 Å². The molecular formula is C15H17F3N2O5. The first-order chi connectivity index (χ1) is 11.3. The van der Waals surface area contributed by atoms with Gasteiger partial charge in [-0.2, -0.15) is 13.2 Å². The molecule has 0 saturated heterocycles. The Morgan fingerprint density at radius 1 is 1.08 bits per heavy atom. The third-order valence-corrected chi connectivity index (χ3v) is 3.23. The van der Waals surface area contributed by atoms with Gasteiger partial charge in [-0.25, -0.2) is 4.79 Å². The summed E-state index contributed by atoms with van der Waals surface area (Å²) in [6.45, 7) is 2.04. The van der Waals surface area contributed by atoms with Crippen LogP contribution in [-0.2, 0) is 20.8 Å². The van der Waals surface area contributed by atoms with E-state index in [9.17, 15) is 37.8 Å². The second-order valence-electron chi connectivity index (χ2n) is 5.81. The van der Waals surface area contributed by atoms with Crippen molar-refractivity contribution < 1.29 is 37.8 Å². The van der Waals surface area contributed by atoms with E-state index in [1.54, 1.807) is 0 Å². The quantitative estimate of drug-likeness (QED) is 0.602. The van der Waals surface area contributed by atoms with E-state index in [1.165, 1.54) is 29.6 Å². The Bertz CT molecular complexity index is 656. The Morgan fingerprint density at radius 2 is 1.60 bits per heavy atom. The smallest absolute Gasteiger partial charge is 0.471 e. The summed E-state index contributed by atoms with van der Waals surface area (Å²) in [5.41, 5.74) is -1.50. The number of rotatable bonds is 6. The monoisotopic (exact) mass is 362 g/mol. The van der Waals surface area contributed by atoms with Crippen LogP contribution in [0.25, 0.3) is 0 Å². The van der Waals surface area contributed by atoms with Crippen LogP contribution in [0.2, 0.25) is 0 Å². The Balaban J connectivity index is 2.83. The maximum atomic E-state index is 12.3. The summed E-state index contributed by atoms with van der Waals surface area (Å²) in [4.78, 5) is 34.3. The number of alkyl halides is 3. The summed E-state index contributed by atoms with van der Waals surface area (Å²) >= 11 is 0. The first-order valence-corrected chi connectivity index (χ1v) is 7.04. The van der Waals surface area contributed by atoms with Gasteiger partial charge in [0.15, 0.2) is 0 Å². The van der Waals surface area contributed by atoms with Gasteiger partial charge in [-0.1, -0.05) is 12.1 Å². The predicted octanol–water partition coefficient (Wildman–Crippen LogP) is 0.961. The second kappa shape index (κ2) is 7.41. The number of carbonyl (C=O) groups excluding carboxylic acids is 2. The molecule has 1 aromatic carbocycles. The van der Waals surface area contributed by atoms with Gasteiger partial charge in [0.05, 0.1) is 0 Å². The molecule has 0 aliphatic rings. The minimum absolute atomic E-state index is 0.0318. The van der Waals surface area contributed by atoms with Crippen LogP contribution in [0.1, 0.15) is 19.4 Å². The van der Waals surface area contributed by atoms with Crippen LogP contribution in [0.5, 0.6) is 5.75 Å². The van der Waals surface area contributed by atoms with Crippen molar-refractivity contribution in [2.24, 2.45) is 0 Å². The summed E-state index contributed by atoms with van der Waals surface area (Å²) in [6, 6.07) is 4.09. The molecule has 0 unspecified atom stereocenters. The first kappa shape index (κ1) is 20.3. The van der Waals surface area contributed by atoms with Gasteiger partial charge in [-0.05, 0) is 31.5 Å². The molecule has 0 spiro atoms. The van der Waals surface area contributed by atoms with E-state index in [0.717, 1.165) is 13.8 Å². The minimum atomic E-state index is -5.17. The van der Waals surface area contributed by atoms with Crippen molar-refractivity contribution >= 4 is 17.8 Å². The van der Waals surface area contributed by atoms with E-state index in [2.05, 4.69) is 5.32 Å². The number of halogens is 3. The van der Waals surface area contributed by atoms with Crippen LogP contribution in [0.15, 0.2) is 24.3 Å². The number of carbonyl (C=O) groups is 3. The Labute approximate surface area is 140 Å². The van der Waals surface area contributed by atoms with Crippen LogP contribution >= 0.6 is 0 Å². The lowest BCUT2D eigenvalue weighted by molar-refractivity contribution is -0.176. The third-order valence-electron chi connectivity index (χ3n) is 3.23. The molecule has 138 valence electrons. The zero-order valence-corrected chi connectivity index (χ0v) is 13.3. The Kier molecular flexibility index (Phi) is 6.01. The van der Waals surface area contributed by atoms with Crippen LogP contribution < -0.4 is 10.6 Å². The molecule has 2 amide bonds. The Hall–Kier alpha value is -2.78. The van der Waals surface area contributed by atoms with Crippen molar-refractivity contribution in [3.63, 3.8) is 0 Å². The number of phenolic OH excluding ortho intramolecular Hbond substituents is 1. The van der Waals surface area contributed by atoms with Gasteiger partial charge in [0.25, 0.3) is 0 Å². The molecule has 1 atom stereocenters. The van der Waals surface area contributed by atoms with Crippen LogP contribution in [0, 0.1) is 0 Å². The van der Waals surface area contributed by atoms with Gasteiger partial charge < -0.3 is 20.8 Å². The standard InChI is InChI=1S/C15H17F3N2O5/c1-14(2,20-13(25)15(16,17)18)12(24)19-10(11(22)23)7-8-3-5-9(21)6-4-8/h3-6,10,21H,7H2,1-2H3,(H,19,24)(H,20,25)(H,22,23)/t10-/m0/s1. The topological polar surface area (TPSA) is 116 Å². The number of nitrogens with one attached hydrogen (secondary N) is 2. The zero-order chi connectivity index (χ0) is 19.4. The highest BCUT2D eigenvalue weighted by Gasteiger charge is 2.43. The molecule has 0 fully saturated rings. The fourth-order valence-electron chi connectivity index (χ4n) is 1.82. The molecule has 0 aliphatic carbocycles. The van der Waals surface area contributed by atoms with Crippen molar-refractivity contribution in [2.75, 3.05) is 0 Å². The largest absolute Gasteiger partial charge is 0.508 e. The molecule has 7 nitrogen and oxygen atoms in total. The number of aromatic hydroxyl groups is 1. The molecule has 0 aromatic heterocycles. The highest BCUT2D eigenvalue weighted by Crippen LogP contribution is 2.17.